The lowest BCUT2D eigenvalue weighted by Gasteiger charge is -2.49. The molecule has 2 aromatic heterocycles. The summed E-state index contributed by atoms with van der Waals surface area (Å²) < 4.78 is 8.00. The fourth-order valence-electron chi connectivity index (χ4n) is 8.50. The summed E-state index contributed by atoms with van der Waals surface area (Å²) in [5.74, 6) is 1.55. The van der Waals surface area contributed by atoms with Crippen LogP contribution >= 0.6 is 23.2 Å². The third-order valence-corrected chi connectivity index (χ3v) is 11.7. The molecule has 12 heteroatoms. The van der Waals surface area contributed by atoms with Crippen molar-refractivity contribution in [3.63, 3.8) is 0 Å². The molecule has 4 saturated heterocycles. The van der Waals surface area contributed by atoms with Gasteiger partial charge >= 0.3 is 0 Å². The van der Waals surface area contributed by atoms with Crippen LogP contribution in [-0.2, 0) is 9.53 Å². The second-order valence-corrected chi connectivity index (χ2v) is 15.0. The van der Waals surface area contributed by atoms with Crippen molar-refractivity contribution in [1.29, 1.82) is 0 Å². The Labute approximate surface area is 281 Å². The number of aromatic nitrogens is 4. The van der Waals surface area contributed by atoms with Gasteiger partial charge in [0.25, 0.3) is 0 Å². The number of carbonyl (C=O) groups is 1. The molecule has 0 saturated carbocycles. The number of piperazine rings is 1. The molecule has 2 atom stereocenters. The third-order valence-electron chi connectivity index (χ3n) is 10.9. The fraction of sp³-hybridized carbons (Fsp3) is 0.618. The first-order valence-electron chi connectivity index (χ1n) is 16.8. The van der Waals surface area contributed by atoms with Gasteiger partial charge in [-0.05, 0) is 64.5 Å². The number of piperidine rings is 2. The van der Waals surface area contributed by atoms with Crippen LogP contribution in [0.15, 0.2) is 24.9 Å². The smallest absolute Gasteiger partial charge is 0.245 e. The number of likely N-dealkylation sites (tertiary alicyclic amines) is 1. The molecular formula is C34H46Cl2N8O2. The lowest BCUT2D eigenvalue weighted by atomic mass is 9.81. The number of amides is 1. The number of benzene rings is 1. The number of nitrogens with zero attached hydrogens (tertiary/aromatic N) is 7. The number of carbonyl (C=O) groups excluding carboxylic acids is 1. The van der Waals surface area contributed by atoms with Crippen molar-refractivity contribution in [3.05, 3.63) is 40.7 Å². The highest BCUT2D eigenvalue weighted by Crippen LogP contribution is 2.48. The standard InChI is InChI=1S/C34H46Cl2N8O2/c1-5-29(45)42-9-7-24(8-10-42)44-22(2)30(31-26-18-37-38-28(26)16-27(35)32(31)36)33(39-44)43-11-6-23(17-34(43,3)4)19-40-12-13-41-14-15-46-21-25(41)20-40/h5,16,18,23-25H,1,6-15,17,19-21H2,2-4H3,(H,37,38)/t23-,25-/m1/s1. The summed E-state index contributed by atoms with van der Waals surface area (Å²) in [6.07, 6.45) is 7.07. The van der Waals surface area contributed by atoms with Crippen molar-refractivity contribution in [2.75, 3.05) is 70.5 Å². The predicted octanol–water partition coefficient (Wildman–Crippen LogP) is 5.40. The summed E-state index contributed by atoms with van der Waals surface area (Å²) in [4.78, 5) is 22.0. The topological polar surface area (TPSA) is 85.8 Å². The molecule has 4 aliphatic rings. The van der Waals surface area contributed by atoms with Gasteiger partial charge in [-0.1, -0.05) is 29.8 Å². The average Bonchev–Trinajstić information content (AvgIpc) is 3.65. The average molecular weight is 670 g/mol. The maximum atomic E-state index is 12.3. The van der Waals surface area contributed by atoms with E-state index >= 15 is 0 Å². The maximum absolute atomic E-state index is 12.3. The molecule has 1 amide bonds. The molecule has 4 fully saturated rings. The number of nitrogens with one attached hydrogen (secondary N) is 1. The Bertz CT molecular complexity index is 1610. The van der Waals surface area contributed by atoms with Crippen LogP contribution in [0.3, 0.4) is 0 Å². The van der Waals surface area contributed by atoms with Crippen molar-refractivity contribution in [2.45, 2.75) is 64.1 Å². The summed E-state index contributed by atoms with van der Waals surface area (Å²) in [6.45, 7) is 20.1. The molecule has 0 aliphatic carbocycles. The van der Waals surface area contributed by atoms with E-state index in [-0.39, 0.29) is 17.5 Å². The van der Waals surface area contributed by atoms with Crippen molar-refractivity contribution >= 4 is 45.8 Å². The van der Waals surface area contributed by atoms with Crippen LogP contribution in [0.5, 0.6) is 0 Å². The highest BCUT2D eigenvalue weighted by Gasteiger charge is 2.41. The fourth-order valence-corrected chi connectivity index (χ4v) is 8.96. The number of halogens is 2. The van der Waals surface area contributed by atoms with Crippen molar-refractivity contribution in [2.24, 2.45) is 5.92 Å². The van der Waals surface area contributed by atoms with Gasteiger partial charge in [0.15, 0.2) is 5.82 Å². The Hall–Kier alpha value is -2.63. The Kier molecular flexibility index (Phi) is 8.86. The highest BCUT2D eigenvalue weighted by atomic mass is 35.5. The molecule has 0 radical (unpaired) electrons. The van der Waals surface area contributed by atoms with Crippen LogP contribution in [0, 0.1) is 12.8 Å². The number of H-pyrrole nitrogens is 1. The van der Waals surface area contributed by atoms with Gasteiger partial charge in [-0.2, -0.15) is 10.2 Å². The first-order chi connectivity index (χ1) is 22.1. The van der Waals surface area contributed by atoms with Gasteiger partial charge in [0.05, 0.1) is 41.0 Å². The van der Waals surface area contributed by atoms with E-state index in [0.29, 0.717) is 35.1 Å². The summed E-state index contributed by atoms with van der Waals surface area (Å²) >= 11 is 13.8. The minimum absolute atomic E-state index is 0.0105. The van der Waals surface area contributed by atoms with Gasteiger partial charge in [0.1, 0.15) is 0 Å². The number of rotatable bonds is 6. The molecule has 6 heterocycles. The van der Waals surface area contributed by atoms with Crippen molar-refractivity contribution in [3.8, 4) is 11.1 Å². The SMILES string of the molecule is C=CC(=O)N1CCC(n2nc(N3CC[C@@H](CN4CCN5CCOC[C@H]5C4)CC3(C)C)c(-c3c(Cl)c(Cl)cc4[nH]ncc34)c2C)CC1. The molecule has 3 aromatic rings. The molecule has 0 unspecified atom stereocenters. The minimum atomic E-state index is -0.126. The highest BCUT2D eigenvalue weighted by molar-refractivity contribution is 6.45. The quantitative estimate of drug-likeness (QED) is 0.352. The number of morpholine rings is 1. The maximum Gasteiger partial charge on any atom is 0.245 e. The van der Waals surface area contributed by atoms with Gasteiger partial charge in [-0.25, -0.2) is 0 Å². The molecule has 7 rings (SSSR count). The molecule has 1 N–H and O–H groups in total. The van der Waals surface area contributed by atoms with Crippen molar-refractivity contribution < 1.29 is 9.53 Å². The second-order valence-electron chi connectivity index (χ2n) is 14.2. The molecule has 0 spiro atoms. The van der Waals surface area contributed by atoms with Crippen molar-refractivity contribution in [1.82, 2.24) is 34.7 Å². The number of ether oxygens (including phenoxy) is 1. The number of hydrogen-bond donors (Lipinski definition) is 1. The van der Waals surface area contributed by atoms with Gasteiger partial charge in [-0.15, -0.1) is 0 Å². The zero-order valence-corrected chi connectivity index (χ0v) is 28.8. The normalized spacial score (nSPS) is 24.8. The number of anilines is 1. The van der Waals surface area contributed by atoms with Crippen LogP contribution in [0.25, 0.3) is 22.0 Å². The molecule has 1 aromatic carbocycles. The third kappa shape index (κ3) is 5.85. The Morgan fingerprint density at radius 2 is 1.91 bits per heavy atom. The van der Waals surface area contributed by atoms with Gasteiger partial charge < -0.3 is 19.4 Å². The summed E-state index contributed by atoms with van der Waals surface area (Å²) in [5.41, 5.74) is 3.67. The van der Waals surface area contributed by atoms with Crippen LogP contribution in [0.1, 0.15) is 51.3 Å². The summed E-state index contributed by atoms with van der Waals surface area (Å²) in [5, 5.41) is 14.8. The molecule has 248 valence electrons. The number of aromatic amines is 1. The van der Waals surface area contributed by atoms with E-state index in [4.69, 9.17) is 33.0 Å². The Balaban J connectivity index is 1.20. The first kappa shape index (κ1) is 31.9. The predicted molar refractivity (Wildman–Crippen MR) is 184 cm³/mol. The zero-order valence-electron chi connectivity index (χ0n) is 27.3. The monoisotopic (exact) mass is 668 g/mol. The van der Waals surface area contributed by atoms with Crippen LogP contribution in [-0.4, -0.2) is 118 Å². The summed E-state index contributed by atoms with van der Waals surface area (Å²) in [7, 11) is 0. The van der Waals surface area contributed by atoms with Gasteiger partial charge in [0.2, 0.25) is 5.91 Å². The van der Waals surface area contributed by atoms with E-state index in [9.17, 15) is 4.79 Å². The Morgan fingerprint density at radius 3 is 2.67 bits per heavy atom. The zero-order chi connectivity index (χ0) is 32.2. The molecule has 4 aliphatic heterocycles. The second kappa shape index (κ2) is 12.8. The molecular weight excluding hydrogens is 623 g/mol. The van der Waals surface area contributed by atoms with Gasteiger partial charge in [0, 0.05) is 86.1 Å². The van der Waals surface area contributed by atoms with E-state index in [1.165, 1.54) is 6.08 Å². The van der Waals surface area contributed by atoms with E-state index in [2.05, 4.69) is 56.9 Å². The van der Waals surface area contributed by atoms with E-state index in [0.717, 1.165) is 112 Å². The van der Waals surface area contributed by atoms with E-state index < -0.39 is 0 Å². The lowest BCUT2D eigenvalue weighted by Crippen LogP contribution is -2.59. The molecule has 46 heavy (non-hydrogen) atoms. The van der Waals surface area contributed by atoms with E-state index in [1.54, 1.807) is 0 Å². The lowest BCUT2D eigenvalue weighted by molar-refractivity contribution is -0.127. The minimum Gasteiger partial charge on any atom is -0.378 e. The molecule has 0 bridgehead atoms. The largest absolute Gasteiger partial charge is 0.378 e. The number of fused-ring (bicyclic) bond motifs is 2. The molecule has 10 nitrogen and oxygen atoms in total. The first-order valence-corrected chi connectivity index (χ1v) is 17.5. The number of hydrogen-bond acceptors (Lipinski definition) is 7. The van der Waals surface area contributed by atoms with Gasteiger partial charge in [-0.3, -0.25) is 19.5 Å². The van der Waals surface area contributed by atoms with Crippen LogP contribution < -0.4 is 4.90 Å². The van der Waals surface area contributed by atoms with E-state index in [1.807, 2.05) is 17.2 Å². The van der Waals surface area contributed by atoms with Crippen LogP contribution in [0.2, 0.25) is 10.0 Å². The summed E-state index contributed by atoms with van der Waals surface area (Å²) in [6, 6.07) is 2.53. The van der Waals surface area contributed by atoms with Crippen LogP contribution in [0.4, 0.5) is 5.82 Å². The Morgan fingerprint density at radius 1 is 1.11 bits per heavy atom.